The molecule has 3 fully saturated rings. The van der Waals surface area contributed by atoms with Crippen molar-refractivity contribution in [3.05, 3.63) is 48.2 Å². The fraction of sp³-hybridized carbons (Fsp3) is 0.485. The molecule has 1 aromatic heterocycles. The van der Waals surface area contributed by atoms with E-state index in [4.69, 9.17) is 4.74 Å². The average molecular weight is 659 g/mol. The first-order valence-electron chi connectivity index (χ1n) is 15.3. The number of halogens is 3. The number of fused-ring (bicyclic) bond motifs is 1. The van der Waals surface area contributed by atoms with E-state index in [0.29, 0.717) is 22.4 Å². The van der Waals surface area contributed by atoms with Crippen LogP contribution < -0.4 is 10.2 Å². The zero-order valence-corrected chi connectivity index (χ0v) is 26.5. The van der Waals surface area contributed by atoms with E-state index >= 15 is 0 Å². The first-order valence-corrected chi connectivity index (χ1v) is 17.2. The fourth-order valence-electron chi connectivity index (χ4n) is 6.85. The molecule has 1 saturated carbocycles. The van der Waals surface area contributed by atoms with Crippen molar-refractivity contribution >= 4 is 38.0 Å². The van der Waals surface area contributed by atoms with E-state index in [-0.39, 0.29) is 28.9 Å². The smallest absolute Gasteiger partial charge is 0.406 e. The van der Waals surface area contributed by atoms with Gasteiger partial charge in [-0.2, -0.15) is 13.2 Å². The monoisotopic (exact) mass is 658 g/mol. The molecular formula is C33H37F3N4O5S. The van der Waals surface area contributed by atoms with Crippen LogP contribution in [-0.4, -0.2) is 86.3 Å². The minimum Gasteiger partial charge on any atom is -0.506 e. The number of phenolic OH excluding ortho intramolecular Hbond substituents is 1. The van der Waals surface area contributed by atoms with Crippen molar-refractivity contribution in [2.24, 2.45) is 5.41 Å². The molecule has 6 rings (SSSR count). The number of rotatable bonds is 7. The van der Waals surface area contributed by atoms with Crippen LogP contribution in [0.5, 0.6) is 5.75 Å². The minimum atomic E-state index is -4.50. The number of likely N-dealkylation sites (tertiary alicyclic amines) is 1. The second-order valence-electron chi connectivity index (χ2n) is 12.8. The van der Waals surface area contributed by atoms with E-state index in [1.807, 2.05) is 6.07 Å². The van der Waals surface area contributed by atoms with E-state index in [1.165, 1.54) is 19.1 Å². The molecule has 1 amide bonds. The van der Waals surface area contributed by atoms with Crippen molar-refractivity contribution in [1.29, 1.82) is 0 Å². The summed E-state index contributed by atoms with van der Waals surface area (Å²) in [6.45, 7) is 3.71. The van der Waals surface area contributed by atoms with Crippen LogP contribution in [0.3, 0.4) is 0 Å². The lowest BCUT2D eigenvalue weighted by Gasteiger charge is -2.58. The Morgan fingerprint density at radius 1 is 1.13 bits per heavy atom. The number of aromatic nitrogens is 1. The number of nitrogens with zero attached hydrogens (tertiary/aromatic N) is 3. The van der Waals surface area contributed by atoms with Crippen LogP contribution in [0.2, 0.25) is 0 Å². The van der Waals surface area contributed by atoms with Gasteiger partial charge in [0.15, 0.2) is 9.84 Å². The van der Waals surface area contributed by atoms with Crippen LogP contribution >= 0.6 is 0 Å². The molecule has 3 aromatic rings. The van der Waals surface area contributed by atoms with Gasteiger partial charge in [0.05, 0.1) is 41.6 Å². The molecule has 2 saturated heterocycles. The van der Waals surface area contributed by atoms with Gasteiger partial charge in [-0.15, -0.1) is 0 Å². The number of carbonyl (C=O) groups is 1. The van der Waals surface area contributed by atoms with Crippen molar-refractivity contribution < 1.29 is 36.2 Å². The van der Waals surface area contributed by atoms with Gasteiger partial charge < -0.3 is 19.7 Å². The molecule has 1 spiro atoms. The van der Waals surface area contributed by atoms with Gasteiger partial charge in [-0.05, 0) is 61.9 Å². The van der Waals surface area contributed by atoms with Gasteiger partial charge in [0, 0.05) is 60.9 Å². The molecule has 13 heteroatoms. The van der Waals surface area contributed by atoms with E-state index in [2.05, 4.69) is 22.1 Å². The minimum absolute atomic E-state index is 0.0388. The van der Waals surface area contributed by atoms with Crippen molar-refractivity contribution in [3.63, 3.8) is 0 Å². The number of hydrogen-bond donors (Lipinski definition) is 2. The highest BCUT2D eigenvalue weighted by Gasteiger charge is 2.50. The second kappa shape index (κ2) is 12.1. The summed E-state index contributed by atoms with van der Waals surface area (Å²) in [5.74, 6) is 4.68. The normalized spacial score (nSPS) is 21.2. The highest BCUT2D eigenvalue weighted by molar-refractivity contribution is 7.90. The van der Waals surface area contributed by atoms with Crippen LogP contribution in [0.25, 0.3) is 10.9 Å². The lowest BCUT2D eigenvalue weighted by Crippen LogP contribution is -2.68. The number of amides is 1. The van der Waals surface area contributed by atoms with Gasteiger partial charge in [-0.1, -0.05) is 12.0 Å². The number of carbonyl (C=O) groups excluding carboxylic acids is 1. The third-order valence-corrected chi connectivity index (χ3v) is 10.4. The van der Waals surface area contributed by atoms with Crippen molar-refractivity contribution in [1.82, 2.24) is 9.47 Å². The maximum Gasteiger partial charge on any atom is 0.406 e. The molecule has 0 radical (unpaired) electrons. The van der Waals surface area contributed by atoms with Gasteiger partial charge in [-0.25, -0.2) is 8.42 Å². The maximum atomic E-state index is 13.7. The summed E-state index contributed by atoms with van der Waals surface area (Å²) >= 11 is 0. The molecule has 46 heavy (non-hydrogen) atoms. The zero-order valence-electron chi connectivity index (χ0n) is 25.7. The fourth-order valence-corrected chi connectivity index (χ4v) is 7.49. The highest BCUT2D eigenvalue weighted by Crippen LogP contribution is 2.41. The Morgan fingerprint density at radius 2 is 1.85 bits per heavy atom. The number of ether oxygens (including phenoxy) is 1. The molecule has 3 heterocycles. The number of benzene rings is 2. The molecule has 246 valence electrons. The van der Waals surface area contributed by atoms with Crippen molar-refractivity contribution in [3.8, 4) is 17.6 Å². The number of hydrogen-bond acceptors (Lipinski definition) is 7. The molecule has 2 N–H and O–H groups in total. The molecule has 0 bridgehead atoms. The number of nitrogens with one attached hydrogen (secondary N) is 1. The second-order valence-corrected chi connectivity index (χ2v) is 14.9. The number of sulfone groups is 1. The topological polar surface area (TPSA) is 104 Å². The molecule has 0 unspecified atom stereocenters. The van der Waals surface area contributed by atoms with Gasteiger partial charge in [0.1, 0.15) is 12.3 Å². The van der Waals surface area contributed by atoms with E-state index in [0.717, 1.165) is 79.5 Å². The largest absolute Gasteiger partial charge is 0.506 e. The molecule has 9 nitrogen and oxygen atoms in total. The van der Waals surface area contributed by atoms with Gasteiger partial charge >= 0.3 is 6.18 Å². The number of aromatic hydroxyl groups is 1. The zero-order chi connectivity index (χ0) is 32.9. The highest BCUT2D eigenvalue weighted by atomic mass is 32.2. The van der Waals surface area contributed by atoms with Crippen LogP contribution in [0.1, 0.15) is 38.3 Å². The van der Waals surface area contributed by atoms with Gasteiger partial charge in [-0.3, -0.25) is 14.6 Å². The summed E-state index contributed by atoms with van der Waals surface area (Å²) in [7, 11) is -3.59. The lowest BCUT2D eigenvalue weighted by atomic mass is 9.75. The lowest BCUT2D eigenvalue weighted by molar-refractivity contribution is -0.200. The predicted octanol–water partition coefficient (Wildman–Crippen LogP) is 4.77. The Balaban J connectivity index is 1.21. The Morgan fingerprint density at radius 3 is 2.43 bits per heavy atom. The predicted molar refractivity (Wildman–Crippen MR) is 169 cm³/mol. The summed E-state index contributed by atoms with van der Waals surface area (Å²) in [5.41, 5.74) is 1.70. The summed E-state index contributed by atoms with van der Waals surface area (Å²) < 4.78 is 71.4. The molecule has 1 aliphatic carbocycles. The van der Waals surface area contributed by atoms with Gasteiger partial charge in [0.25, 0.3) is 0 Å². The molecular weight excluding hydrogens is 621 g/mol. The Labute approximate surface area is 266 Å². The first-order chi connectivity index (χ1) is 21.7. The van der Waals surface area contributed by atoms with Crippen LogP contribution in [-0.2, 0) is 25.9 Å². The van der Waals surface area contributed by atoms with Crippen LogP contribution in [0.4, 0.5) is 24.5 Å². The number of phenols is 1. The van der Waals surface area contributed by atoms with Crippen molar-refractivity contribution in [2.75, 3.05) is 49.3 Å². The molecule has 0 atom stereocenters. The third-order valence-electron chi connectivity index (χ3n) is 9.25. The molecule has 3 aliphatic rings. The summed E-state index contributed by atoms with van der Waals surface area (Å²) in [4.78, 5) is 16.0. The molecule has 2 aromatic carbocycles. The summed E-state index contributed by atoms with van der Waals surface area (Å²) in [6.07, 6.45) is 0.566. The van der Waals surface area contributed by atoms with E-state index in [9.17, 15) is 31.5 Å². The van der Waals surface area contributed by atoms with Crippen LogP contribution in [0.15, 0.2) is 47.4 Å². The first kappa shape index (κ1) is 32.2. The third kappa shape index (κ3) is 6.70. The summed E-state index contributed by atoms with van der Waals surface area (Å²) in [5, 5.41) is 14.7. The summed E-state index contributed by atoms with van der Waals surface area (Å²) in [6, 6.07) is 11.3. The Hall–Kier alpha value is -3.73. The van der Waals surface area contributed by atoms with Crippen LogP contribution in [0, 0.1) is 17.3 Å². The van der Waals surface area contributed by atoms with E-state index in [1.54, 1.807) is 18.2 Å². The van der Waals surface area contributed by atoms with Crippen molar-refractivity contribution in [2.45, 2.75) is 62.3 Å². The Kier molecular flexibility index (Phi) is 8.50. The number of alkyl halides is 3. The van der Waals surface area contributed by atoms with E-state index < -0.39 is 34.2 Å². The Bertz CT molecular complexity index is 1810. The SMILES string of the molecule is CC(=O)N(CC#Cc1cc2c(N[C@H]3CC[C@@H](N4CC5(COC5)C4)CC3)cccc2n1CC(F)(F)F)c1ccc(S(C)(=O)=O)cc1O. The number of anilines is 2. The maximum absolute atomic E-state index is 13.7. The van der Waals surface area contributed by atoms with Gasteiger partial charge in [0.2, 0.25) is 5.91 Å². The standard InChI is InChI=1S/C33H37F3N4O5S/c1-22(41)39(30-13-12-26(16-31(30)42)46(2,43)44)14-4-5-25-15-27-28(6-3-7-29(27)40(25)19-33(34,35)36)37-23-8-10-24(11-9-23)38-17-32(18-38)20-45-21-32/h3,6-7,12-13,15-16,23-24,37,42H,8-11,14,17-21H2,1-2H3/t23-,24+. The molecule has 2 aliphatic heterocycles. The quantitative estimate of drug-likeness (QED) is 0.353. The average Bonchev–Trinajstić information content (AvgIpc) is 3.26.